The average molecular weight is 340 g/mol. The van der Waals surface area contributed by atoms with Crippen molar-refractivity contribution in [3.63, 3.8) is 0 Å². The Balaban J connectivity index is 2.30. The molecule has 0 spiro atoms. The molecule has 0 unspecified atom stereocenters. The third-order valence-corrected chi connectivity index (χ3v) is 4.54. The second-order valence-electron chi connectivity index (χ2n) is 6.93. The van der Waals surface area contributed by atoms with E-state index in [1.165, 1.54) is 0 Å². The van der Waals surface area contributed by atoms with Crippen LogP contribution in [-0.2, 0) is 5.41 Å². The van der Waals surface area contributed by atoms with E-state index in [4.69, 9.17) is 16.9 Å². The molecule has 3 rings (SSSR count). The van der Waals surface area contributed by atoms with Gasteiger partial charge in [-0.1, -0.05) is 32.4 Å². The highest BCUT2D eigenvalue weighted by molar-refractivity contribution is 6.32. The molecule has 3 aromatic rings. The number of imidazole rings is 1. The van der Waals surface area contributed by atoms with E-state index in [0.29, 0.717) is 22.0 Å². The number of nitriles is 1. The summed E-state index contributed by atoms with van der Waals surface area (Å²) in [6, 6.07) is 9.17. The monoisotopic (exact) mass is 339 g/mol. The highest BCUT2D eigenvalue weighted by Crippen LogP contribution is 2.43. The summed E-state index contributed by atoms with van der Waals surface area (Å²) in [5, 5.41) is 20.5. The lowest BCUT2D eigenvalue weighted by atomic mass is 9.84. The molecule has 1 aromatic heterocycles. The van der Waals surface area contributed by atoms with E-state index in [1.54, 1.807) is 18.2 Å². The highest BCUT2D eigenvalue weighted by Gasteiger charge is 2.25. The molecule has 0 aliphatic carbocycles. The minimum atomic E-state index is -0.254. The molecular formula is C19H18ClN3O. The van der Waals surface area contributed by atoms with Gasteiger partial charge in [-0.3, -0.25) is 0 Å². The lowest BCUT2D eigenvalue weighted by Gasteiger charge is -2.23. The van der Waals surface area contributed by atoms with Crippen LogP contribution in [0.3, 0.4) is 0 Å². The number of hydrogen-bond donors (Lipinski definition) is 2. The number of rotatable bonds is 1. The number of nitrogens with zero attached hydrogens (tertiary/aromatic N) is 2. The van der Waals surface area contributed by atoms with E-state index in [0.717, 1.165) is 22.2 Å². The van der Waals surface area contributed by atoms with E-state index >= 15 is 0 Å². The average Bonchev–Trinajstić information content (AvgIpc) is 2.92. The highest BCUT2D eigenvalue weighted by atomic mass is 35.5. The first kappa shape index (κ1) is 16.4. The largest absolute Gasteiger partial charge is 0.507 e. The number of phenolic OH excluding ortho intramolecular Hbond substituents is 1. The van der Waals surface area contributed by atoms with Gasteiger partial charge >= 0.3 is 0 Å². The van der Waals surface area contributed by atoms with Gasteiger partial charge in [-0.2, -0.15) is 5.26 Å². The molecule has 4 nitrogen and oxygen atoms in total. The molecule has 122 valence electrons. The molecule has 0 radical (unpaired) electrons. The smallest absolute Gasteiger partial charge is 0.142 e. The second-order valence-corrected chi connectivity index (χ2v) is 7.34. The number of hydrogen-bond acceptors (Lipinski definition) is 3. The molecule has 2 aromatic carbocycles. The van der Waals surface area contributed by atoms with Crippen LogP contribution in [-0.4, -0.2) is 15.1 Å². The quantitative estimate of drug-likeness (QED) is 0.650. The van der Waals surface area contributed by atoms with Crippen LogP contribution in [0.1, 0.15) is 37.5 Å². The normalized spacial score (nSPS) is 11.7. The molecule has 0 fully saturated rings. The van der Waals surface area contributed by atoms with Crippen molar-refractivity contribution in [3.8, 4) is 23.2 Å². The zero-order chi connectivity index (χ0) is 17.6. The van der Waals surface area contributed by atoms with Crippen molar-refractivity contribution in [1.82, 2.24) is 9.97 Å². The van der Waals surface area contributed by atoms with Crippen LogP contribution in [0.25, 0.3) is 22.4 Å². The molecule has 5 heteroatoms. The van der Waals surface area contributed by atoms with Gasteiger partial charge in [0.05, 0.1) is 28.2 Å². The molecule has 0 aliphatic rings. The molecule has 0 saturated heterocycles. The summed E-state index contributed by atoms with van der Waals surface area (Å²) in [6.45, 7) is 7.93. The first-order valence-corrected chi connectivity index (χ1v) is 8.03. The van der Waals surface area contributed by atoms with Crippen molar-refractivity contribution in [1.29, 1.82) is 5.26 Å². The van der Waals surface area contributed by atoms with Gasteiger partial charge in [-0.15, -0.1) is 0 Å². The van der Waals surface area contributed by atoms with Crippen molar-refractivity contribution in [2.45, 2.75) is 33.1 Å². The Bertz CT molecular complexity index is 990. The fourth-order valence-corrected chi connectivity index (χ4v) is 3.00. The Morgan fingerprint density at radius 1 is 1.25 bits per heavy atom. The van der Waals surface area contributed by atoms with Crippen molar-refractivity contribution in [3.05, 3.63) is 46.0 Å². The summed E-state index contributed by atoms with van der Waals surface area (Å²) in [7, 11) is 0. The molecular weight excluding hydrogens is 322 g/mol. The predicted octanol–water partition coefficient (Wildman–Crippen LogP) is 5.07. The lowest BCUT2D eigenvalue weighted by molar-refractivity contribution is 0.448. The number of aromatic hydroxyl groups is 1. The maximum Gasteiger partial charge on any atom is 0.142 e. The van der Waals surface area contributed by atoms with Crippen LogP contribution < -0.4 is 0 Å². The topological polar surface area (TPSA) is 72.7 Å². The fourth-order valence-electron chi connectivity index (χ4n) is 2.79. The standard InChI is InChI=1S/C19H18ClN3O/c1-10-13(20)8-12(19(2,3)4)17(24)16(10)18-22-14-6-5-11(9-21)7-15(14)23-18/h5-8,24H,1-4H3,(H,22,23). The number of fused-ring (bicyclic) bond motifs is 1. The first-order valence-electron chi connectivity index (χ1n) is 7.65. The van der Waals surface area contributed by atoms with Crippen molar-refractivity contribution in [2.24, 2.45) is 0 Å². The zero-order valence-electron chi connectivity index (χ0n) is 14.0. The molecule has 0 saturated carbocycles. The Kier molecular flexibility index (Phi) is 3.77. The maximum atomic E-state index is 10.8. The summed E-state index contributed by atoms with van der Waals surface area (Å²) in [5.74, 6) is 0.729. The van der Waals surface area contributed by atoms with E-state index in [1.807, 2.05) is 33.8 Å². The van der Waals surface area contributed by atoms with Crippen LogP contribution in [0.15, 0.2) is 24.3 Å². The number of aromatic amines is 1. The van der Waals surface area contributed by atoms with Gasteiger partial charge in [0.25, 0.3) is 0 Å². The molecule has 0 aliphatic heterocycles. The SMILES string of the molecule is Cc1c(Cl)cc(C(C)(C)C)c(O)c1-c1nc2ccc(C#N)cc2[nH]1. The van der Waals surface area contributed by atoms with Gasteiger partial charge < -0.3 is 10.1 Å². The van der Waals surface area contributed by atoms with Gasteiger partial charge in [-0.05, 0) is 42.2 Å². The first-order chi connectivity index (χ1) is 11.2. The van der Waals surface area contributed by atoms with Crippen molar-refractivity contribution in [2.75, 3.05) is 0 Å². The number of benzene rings is 2. The molecule has 0 amide bonds. The van der Waals surface area contributed by atoms with Crippen LogP contribution in [0.2, 0.25) is 5.02 Å². The minimum Gasteiger partial charge on any atom is -0.507 e. The van der Waals surface area contributed by atoms with Gasteiger partial charge in [0.15, 0.2) is 0 Å². The van der Waals surface area contributed by atoms with Crippen molar-refractivity contribution < 1.29 is 5.11 Å². The Morgan fingerprint density at radius 3 is 2.58 bits per heavy atom. The molecule has 24 heavy (non-hydrogen) atoms. The number of nitrogens with one attached hydrogen (secondary N) is 1. The third-order valence-electron chi connectivity index (χ3n) is 4.15. The van der Waals surface area contributed by atoms with E-state index in [2.05, 4.69) is 16.0 Å². The van der Waals surface area contributed by atoms with Crippen LogP contribution in [0.4, 0.5) is 0 Å². The van der Waals surface area contributed by atoms with Gasteiger partial charge in [0.1, 0.15) is 11.6 Å². The van der Waals surface area contributed by atoms with Crippen LogP contribution in [0.5, 0.6) is 5.75 Å². The van der Waals surface area contributed by atoms with Gasteiger partial charge in [0.2, 0.25) is 0 Å². The van der Waals surface area contributed by atoms with E-state index in [-0.39, 0.29) is 11.2 Å². The minimum absolute atomic E-state index is 0.184. The number of halogens is 1. The van der Waals surface area contributed by atoms with Gasteiger partial charge in [0, 0.05) is 10.6 Å². The summed E-state index contributed by atoms with van der Waals surface area (Å²) in [6.07, 6.45) is 0. The Hall–Kier alpha value is -2.51. The summed E-state index contributed by atoms with van der Waals surface area (Å²) < 4.78 is 0. The zero-order valence-corrected chi connectivity index (χ0v) is 14.8. The second kappa shape index (κ2) is 5.54. The maximum absolute atomic E-state index is 10.8. The van der Waals surface area contributed by atoms with E-state index < -0.39 is 0 Å². The van der Waals surface area contributed by atoms with Crippen LogP contribution in [0, 0.1) is 18.3 Å². The third kappa shape index (κ3) is 2.61. The number of phenols is 1. The van der Waals surface area contributed by atoms with Gasteiger partial charge in [-0.25, -0.2) is 4.98 Å². The van der Waals surface area contributed by atoms with Crippen LogP contribution >= 0.6 is 11.6 Å². The van der Waals surface area contributed by atoms with Crippen molar-refractivity contribution >= 4 is 22.6 Å². The molecule has 0 bridgehead atoms. The summed E-state index contributed by atoms with van der Waals surface area (Å²) >= 11 is 6.40. The Labute approximate surface area is 145 Å². The predicted molar refractivity (Wildman–Crippen MR) is 96.4 cm³/mol. The van der Waals surface area contributed by atoms with E-state index in [9.17, 15) is 5.11 Å². The lowest BCUT2D eigenvalue weighted by Crippen LogP contribution is -2.12. The molecule has 2 N–H and O–H groups in total. The Morgan fingerprint density at radius 2 is 1.96 bits per heavy atom. The fraction of sp³-hybridized carbons (Fsp3) is 0.263. The number of aromatic nitrogens is 2. The molecule has 0 atom stereocenters. The number of H-pyrrole nitrogens is 1. The summed E-state index contributed by atoms with van der Waals surface area (Å²) in [4.78, 5) is 7.75. The molecule has 1 heterocycles. The summed E-state index contributed by atoms with van der Waals surface area (Å²) in [5.41, 5.74) is 3.92.